The van der Waals surface area contributed by atoms with Crippen molar-refractivity contribution in [2.24, 2.45) is 0 Å². The molecule has 0 radical (unpaired) electrons. The topological polar surface area (TPSA) is 72.3 Å². The van der Waals surface area contributed by atoms with Crippen molar-refractivity contribution >= 4 is 34.3 Å². The van der Waals surface area contributed by atoms with E-state index in [1.807, 2.05) is 0 Å². The summed E-state index contributed by atoms with van der Waals surface area (Å²) in [4.78, 5) is 13.0. The fourth-order valence-electron chi connectivity index (χ4n) is 3.89. The first-order valence-corrected chi connectivity index (χ1v) is 10.6. The number of aliphatic hydroxyl groups is 1. The molecule has 0 aliphatic carbocycles. The van der Waals surface area contributed by atoms with Gasteiger partial charge in [-0.3, -0.25) is 0 Å². The SMILES string of the molecule is O=C1OC(O)(c2ccccc2)C(Cc2ccc(C(F)(F)F)cc2)=C1c1ccc2nsnc2c1. The summed E-state index contributed by atoms with van der Waals surface area (Å²) in [7, 11) is 0. The number of esters is 1. The van der Waals surface area contributed by atoms with Gasteiger partial charge in [-0.15, -0.1) is 0 Å². The average Bonchev–Trinajstić information content (AvgIpc) is 3.36. The van der Waals surface area contributed by atoms with Gasteiger partial charge in [-0.05, 0) is 35.4 Å². The summed E-state index contributed by atoms with van der Waals surface area (Å²) in [5, 5.41) is 11.5. The molecule has 3 aromatic carbocycles. The van der Waals surface area contributed by atoms with Gasteiger partial charge < -0.3 is 9.84 Å². The molecule has 0 bridgehead atoms. The highest BCUT2D eigenvalue weighted by atomic mass is 32.1. The normalized spacial score (nSPS) is 18.7. The Morgan fingerprint density at radius 2 is 1.64 bits per heavy atom. The van der Waals surface area contributed by atoms with Crippen molar-refractivity contribution in [2.45, 2.75) is 18.4 Å². The number of aromatic nitrogens is 2. The number of hydrogen-bond donors (Lipinski definition) is 1. The standard InChI is InChI=1S/C24H15F3N2O3S/c25-24(26,27)17-9-6-14(7-10-17)12-18-21(15-8-11-19-20(13-15)29-33-28-19)22(30)32-23(18,31)16-4-2-1-3-5-16/h1-11,13,31H,12H2. The Balaban J connectivity index is 1.66. The van der Waals surface area contributed by atoms with Crippen LogP contribution in [0.1, 0.15) is 22.3 Å². The minimum absolute atomic E-state index is 0.00203. The number of hydrogen-bond acceptors (Lipinski definition) is 6. The lowest BCUT2D eigenvalue weighted by atomic mass is 9.88. The lowest BCUT2D eigenvalue weighted by molar-refractivity contribution is -0.185. The van der Waals surface area contributed by atoms with Crippen LogP contribution in [0.15, 0.2) is 78.4 Å². The number of rotatable bonds is 4. The number of carbonyl (C=O) groups is 1. The van der Waals surface area contributed by atoms with Gasteiger partial charge in [-0.2, -0.15) is 21.9 Å². The maximum Gasteiger partial charge on any atom is 0.416 e. The zero-order valence-corrected chi connectivity index (χ0v) is 17.7. The molecule has 1 unspecified atom stereocenters. The third-order valence-electron chi connectivity index (χ3n) is 5.53. The van der Waals surface area contributed by atoms with Crippen LogP contribution in [0.3, 0.4) is 0 Å². The molecule has 1 aliphatic rings. The summed E-state index contributed by atoms with van der Waals surface area (Å²) in [6.07, 6.45) is -4.46. The molecule has 33 heavy (non-hydrogen) atoms. The number of fused-ring (bicyclic) bond motifs is 1. The monoisotopic (exact) mass is 468 g/mol. The third-order valence-corrected chi connectivity index (χ3v) is 6.08. The summed E-state index contributed by atoms with van der Waals surface area (Å²) in [6.45, 7) is 0. The van der Waals surface area contributed by atoms with Crippen molar-refractivity contribution in [2.75, 3.05) is 0 Å². The Morgan fingerprint density at radius 1 is 0.939 bits per heavy atom. The summed E-state index contributed by atoms with van der Waals surface area (Å²) < 4.78 is 52.8. The Hall–Kier alpha value is -3.56. The molecule has 166 valence electrons. The fourth-order valence-corrected chi connectivity index (χ4v) is 4.41. The maximum absolute atomic E-state index is 13.0. The van der Waals surface area contributed by atoms with Gasteiger partial charge in [0.25, 0.3) is 5.79 Å². The van der Waals surface area contributed by atoms with Crippen LogP contribution in [-0.2, 0) is 27.9 Å². The van der Waals surface area contributed by atoms with Crippen molar-refractivity contribution in [1.29, 1.82) is 0 Å². The first-order valence-electron chi connectivity index (χ1n) is 9.89. The second-order valence-electron chi connectivity index (χ2n) is 7.59. The minimum atomic E-state index is -4.46. The molecule has 9 heteroatoms. The number of benzene rings is 3. The van der Waals surface area contributed by atoms with Gasteiger partial charge in [-0.25, -0.2) is 4.79 Å². The molecule has 0 amide bonds. The number of ether oxygens (including phenoxy) is 1. The van der Waals surface area contributed by atoms with E-state index in [0.29, 0.717) is 27.7 Å². The fraction of sp³-hybridized carbons (Fsp3) is 0.125. The first kappa shape index (κ1) is 21.3. The highest BCUT2D eigenvalue weighted by Crippen LogP contribution is 2.45. The number of carbonyl (C=O) groups excluding carboxylic acids is 1. The molecule has 5 rings (SSSR count). The molecule has 2 heterocycles. The largest absolute Gasteiger partial charge is 0.421 e. The van der Waals surface area contributed by atoms with Gasteiger partial charge in [0.1, 0.15) is 11.0 Å². The Morgan fingerprint density at radius 3 is 2.33 bits per heavy atom. The van der Waals surface area contributed by atoms with Crippen LogP contribution >= 0.6 is 11.7 Å². The van der Waals surface area contributed by atoms with E-state index in [4.69, 9.17) is 4.74 Å². The van der Waals surface area contributed by atoms with E-state index in [1.165, 1.54) is 12.1 Å². The van der Waals surface area contributed by atoms with Crippen molar-refractivity contribution < 1.29 is 27.8 Å². The third kappa shape index (κ3) is 3.79. The van der Waals surface area contributed by atoms with Crippen LogP contribution in [-0.4, -0.2) is 19.8 Å². The Bertz CT molecular complexity index is 1380. The molecule has 0 fully saturated rings. The predicted octanol–water partition coefficient (Wildman–Crippen LogP) is 5.11. The van der Waals surface area contributed by atoms with Gasteiger partial charge in [0, 0.05) is 17.6 Å². The quantitative estimate of drug-likeness (QED) is 0.422. The second-order valence-corrected chi connectivity index (χ2v) is 8.12. The molecule has 1 N–H and O–H groups in total. The molecule has 1 aliphatic heterocycles. The van der Waals surface area contributed by atoms with Gasteiger partial charge in [-0.1, -0.05) is 48.5 Å². The van der Waals surface area contributed by atoms with E-state index in [0.717, 1.165) is 23.9 Å². The zero-order chi connectivity index (χ0) is 23.2. The van der Waals surface area contributed by atoms with E-state index in [-0.39, 0.29) is 17.6 Å². The van der Waals surface area contributed by atoms with Crippen LogP contribution in [0.25, 0.3) is 16.6 Å². The molecule has 4 aromatic rings. The second kappa shape index (κ2) is 7.79. The summed E-state index contributed by atoms with van der Waals surface area (Å²) >= 11 is 1.03. The maximum atomic E-state index is 13.0. The minimum Gasteiger partial charge on any atom is -0.421 e. The molecule has 5 nitrogen and oxygen atoms in total. The Labute approximate surface area is 190 Å². The van der Waals surface area contributed by atoms with E-state index in [2.05, 4.69) is 8.75 Å². The van der Waals surface area contributed by atoms with Crippen molar-refractivity contribution in [3.05, 3.63) is 101 Å². The molecule has 0 saturated carbocycles. The predicted molar refractivity (Wildman–Crippen MR) is 116 cm³/mol. The van der Waals surface area contributed by atoms with E-state index in [1.54, 1.807) is 48.5 Å². The van der Waals surface area contributed by atoms with E-state index < -0.39 is 23.5 Å². The highest BCUT2D eigenvalue weighted by molar-refractivity contribution is 7.00. The van der Waals surface area contributed by atoms with Gasteiger partial charge in [0.15, 0.2) is 0 Å². The number of nitrogens with zero attached hydrogens (tertiary/aromatic N) is 2. The highest BCUT2D eigenvalue weighted by Gasteiger charge is 2.48. The van der Waals surface area contributed by atoms with Gasteiger partial charge in [0.05, 0.1) is 22.9 Å². The number of alkyl halides is 3. The zero-order valence-electron chi connectivity index (χ0n) is 16.8. The molecule has 0 spiro atoms. The number of halogens is 3. The van der Waals surface area contributed by atoms with Crippen LogP contribution in [0, 0.1) is 0 Å². The molecule has 0 saturated heterocycles. The van der Waals surface area contributed by atoms with E-state index >= 15 is 0 Å². The smallest absolute Gasteiger partial charge is 0.416 e. The number of cyclic esters (lactones) is 1. The molecule has 1 atom stereocenters. The van der Waals surface area contributed by atoms with Crippen molar-refractivity contribution in [1.82, 2.24) is 8.75 Å². The summed E-state index contributed by atoms with van der Waals surface area (Å²) in [5.41, 5.74) is 2.16. The van der Waals surface area contributed by atoms with Crippen LogP contribution in [0.4, 0.5) is 13.2 Å². The lowest BCUT2D eigenvalue weighted by Gasteiger charge is -2.25. The van der Waals surface area contributed by atoms with Gasteiger partial charge >= 0.3 is 12.1 Å². The molecule has 1 aromatic heterocycles. The molecular weight excluding hydrogens is 453 g/mol. The summed E-state index contributed by atoms with van der Waals surface area (Å²) in [5.74, 6) is -2.79. The molecular formula is C24H15F3N2O3S. The van der Waals surface area contributed by atoms with Crippen molar-refractivity contribution in [3.63, 3.8) is 0 Å². The van der Waals surface area contributed by atoms with Gasteiger partial charge in [0.2, 0.25) is 0 Å². The Kier molecular flexibility index (Phi) is 5.02. The van der Waals surface area contributed by atoms with Crippen molar-refractivity contribution in [3.8, 4) is 0 Å². The lowest BCUT2D eigenvalue weighted by Crippen LogP contribution is -2.29. The van der Waals surface area contributed by atoms with Crippen LogP contribution in [0.2, 0.25) is 0 Å². The first-order chi connectivity index (χ1) is 15.8. The van der Waals surface area contributed by atoms with E-state index in [9.17, 15) is 23.1 Å². The average molecular weight is 468 g/mol. The van der Waals surface area contributed by atoms with Crippen LogP contribution < -0.4 is 0 Å². The summed E-state index contributed by atoms with van der Waals surface area (Å²) in [6, 6.07) is 18.1. The van der Waals surface area contributed by atoms with Crippen LogP contribution in [0.5, 0.6) is 0 Å².